The third kappa shape index (κ3) is 4.71. The molecule has 2 N–H and O–H groups in total. The smallest absolute Gasteiger partial charge is 0.240 e. The topological polar surface area (TPSA) is 92.2 Å². The molecule has 1 fully saturated rings. The average molecular weight is 423 g/mol. The molecule has 7 nitrogen and oxygen atoms in total. The zero-order valence-corrected chi connectivity index (χ0v) is 17.4. The van der Waals surface area contributed by atoms with Gasteiger partial charge in [0.25, 0.3) is 0 Å². The van der Waals surface area contributed by atoms with E-state index >= 15 is 0 Å². The number of nitrogens with zero attached hydrogens (tertiary/aromatic N) is 2. The predicted molar refractivity (Wildman–Crippen MR) is 119 cm³/mol. The van der Waals surface area contributed by atoms with Gasteiger partial charge in [-0.15, -0.1) is 5.10 Å². The second-order valence-electron chi connectivity index (χ2n) is 7.04. The van der Waals surface area contributed by atoms with Crippen LogP contribution in [0, 0.1) is 0 Å². The van der Waals surface area contributed by atoms with Gasteiger partial charge in [-0.2, -0.15) is 5.10 Å². The van der Waals surface area contributed by atoms with Crippen LogP contribution in [0.1, 0.15) is 30.4 Å². The maximum Gasteiger partial charge on any atom is 0.240 e. The molecule has 1 aliphatic heterocycles. The van der Waals surface area contributed by atoms with E-state index in [1.54, 1.807) is 31.4 Å². The molecule has 4 rings (SSSR count). The molecule has 2 amide bonds. The summed E-state index contributed by atoms with van der Waals surface area (Å²) in [7, 11) is 1.58. The number of nitrogens with one attached hydrogen (secondary N) is 2. The van der Waals surface area contributed by atoms with Crippen molar-refractivity contribution < 1.29 is 14.3 Å². The van der Waals surface area contributed by atoms with Gasteiger partial charge in [0.05, 0.1) is 12.8 Å². The predicted octanol–water partition coefficient (Wildman–Crippen LogP) is 3.35. The molecule has 2 aromatic carbocycles. The molecule has 154 valence electrons. The third-order valence-electron chi connectivity index (χ3n) is 4.97. The van der Waals surface area contributed by atoms with Gasteiger partial charge < -0.3 is 15.4 Å². The lowest BCUT2D eigenvalue weighted by Crippen LogP contribution is -2.28. The zero-order chi connectivity index (χ0) is 20.9. The Balaban J connectivity index is 1.37. The standard InChI is InChI=1S/C22H22N4O3S/c1-29-16-11-9-15(10-12-16)23-20(27)13-19-21(28)24-22(30-19)26-25-18-8-4-6-14-5-2-3-7-17(14)18/h2-3,5,7,9-12,19H,4,6,8,13H2,1H3,(H,23,27)(H,24,26,28). The zero-order valence-electron chi connectivity index (χ0n) is 16.6. The Kier molecular flexibility index (Phi) is 6.13. The number of methoxy groups -OCH3 is 1. The Morgan fingerprint density at radius 3 is 2.77 bits per heavy atom. The number of aryl methyl sites for hydroxylation is 1. The molecule has 2 aromatic rings. The molecule has 8 heteroatoms. The van der Waals surface area contributed by atoms with E-state index in [4.69, 9.17) is 4.74 Å². The normalized spacial score (nSPS) is 20.7. The monoisotopic (exact) mass is 422 g/mol. The van der Waals surface area contributed by atoms with Crippen molar-refractivity contribution in [3.8, 4) is 5.75 Å². The molecule has 0 spiro atoms. The molecule has 1 saturated heterocycles. The molecule has 1 atom stereocenters. The Morgan fingerprint density at radius 2 is 1.97 bits per heavy atom. The van der Waals surface area contributed by atoms with Gasteiger partial charge in [-0.1, -0.05) is 36.0 Å². The lowest BCUT2D eigenvalue weighted by Gasteiger charge is -2.16. The summed E-state index contributed by atoms with van der Waals surface area (Å²) < 4.78 is 5.10. The van der Waals surface area contributed by atoms with E-state index in [0.29, 0.717) is 16.6 Å². The first-order valence-electron chi connectivity index (χ1n) is 9.76. The van der Waals surface area contributed by atoms with Gasteiger partial charge in [-0.05, 0) is 49.1 Å². The summed E-state index contributed by atoms with van der Waals surface area (Å²) >= 11 is 1.24. The van der Waals surface area contributed by atoms with E-state index in [-0.39, 0.29) is 18.2 Å². The first-order valence-corrected chi connectivity index (χ1v) is 10.6. The van der Waals surface area contributed by atoms with Crippen LogP contribution in [0.25, 0.3) is 0 Å². The number of rotatable bonds is 5. The average Bonchev–Trinajstić information content (AvgIpc) is 3.11. The van der Waals surface area contributed by atoms with Gasteiger partial charge in [-0.3, -0.25) is 9.59 Å². The van der Waals surface area contributed by atoms with Crippen molar-refractivity contribution in [1.82, 2.24) is 5.32 Å². The molecule has 0 radical (unpaired) electrons. The van der Waals surface area contributed by atoms with Crippen LogP contribution in [-0.4, -0.2) is 35.1 Å². The number of hydrogen-bond acceptors (Lipinski definition) is 6. The van der Waals surface area contributed by atoms with E-state index < -0.39 is 5.25 Å². The molecule has 2 aliphatic rings. The number of carbonyl (C=O) groups excluding carboxylic acids is 2. The highest BCUT2D eigenvalue weighted by atomic mass is 32.2. The van der Waals surface area contributed by atoms with Crippen molar-refractivity contribution in [3.63, 3.8) is 0 Å². The van der Waals surface area contributed by atoms with Gasteiger partial charge in [0, 0.05) is 17.7 Å². The third-order valence-corrected chi connectivity index (χ3v) is 6.04. The Labute approximate surface area is 179 Å². The summed E-state index contributed by atoms with van der Waals surface area (Å²) in [6.07, 6.45) is 3.00. The van der Waals surface area contributed by atoms with Gasteiger partial charge in [0.1, 0.15) is 11.0 Å². The maximum absolute atomic E-state index is 12.3. The van der Waals surface area contributed by atoms with Crippen molar-refractivity contribution in [2.24, 2.45) is 10.2 Å². The van der Waals surface area contributed by atoms with Crippen LogP contribution >= 0.6 is 11.8 Å². The minimum Gasteiger partial charge on any atom is -0.497 e. The minimum absolute atomic E-state index is 0.0565. The minimum atomic E-state index is -0.527. The van der Waals surface area contributed by atoms with Crippen LogP contribution < -0.4 is 15.4 Å². The van der Waals surface area contributed by atoms with Gasteiger partial charge >= 0.3 is 0 Å². The quantitative estimate of drug-likeness (QED) is 0.723. The first kappa shape index (κ1) is 20.2. The summed E-state index contributed by atoms with van der Waals surface area (Å²) in [5.74, 6) is 0.247. The first-order chi connectivity index (χ1) is 14.6. The lowest BCUT2D eigenvalue weighted by atomic mass is 9.90. The maximum atomic E-state index is 12.3. The number of benzene rings is 2. The highest BCUT2D eigenvalue weighted by Crippen LogP contribution is 2.25. The van der Waals surface area contributed by atoms with Crippen molar-refractivity contribution in [1.29, 1.82) is 0 Å². The fourth-order valence-electron chi connectivity index (χ4n) is 3.45. The number of ether oxygens (including phenoxy) is 1. The van der Waals surface area contributed by atoms with E-state index in [1.165, 1.54) is 17.3 Å². The lowest BCUT2D eigenvalue weighted by molar-refractivity contribution is -0.122. The summed E-state index contributed by atoms with van der Waals surface area (Å²) in [5.41, 5.74) is 3.98. The molecule has 0 saturated carbocycles. The highest BCUT2D eigenvalue weighted by molar-refractivity contribution is 8.15. The SMILES string of the molecule is COc1ccc(NC(=O)CC2S/C(=N\N=C3CCCc4ccccc43)NC2=O)cc1. The fourth-order valence-corrected chi connectivity index (χ4v) is 4.37. The number of amidine groups is 1. The molecular weight excluding hydrogens is 400 g/mol. The number of amides is 2. The number of fused-ring (bicyclic) bond motifs is 1. The molecule has 1 heterocycles. The van der Waals surface area contributed by atoms with E-state index in [0.717, 1.165) is 30.5 Å². The van der Waals surface area contributed by atoms with Gasteiger partial charge in [0.15, 0.2) is 5.17 Å². The summed E-state index contributed by atoms with van der Waals surface area (Å²) in [6, 6.07) is 15.2. The second kappa shape index (κ2) is 9.13. The van der Waals surface area contributed by atoms with E-state index in [2.05, 4.69) is 33.0 Å². The van der Waals surface area contributed by atoms with Gasteiger partial charge in [0.2, 0.25) is 11.8 Å². The van der Waals surface area contributed by atoms with Crippen LogP contribution in [0.5, 0.6) is 5.75 Å². The van der Waals surface area contributed by atoms with Crippen LogP contribution in [-0.2, 0) is 16.0 Å². The molecule has 1 aliphatic carbocycles. The number of hydrogen-bond donors (Lipinski definition) is 2. The number of anilines is 1. The largest absolute Gasteiger partial charge is 0.497 e. The fraction of sp³-hybridized carbons (Fsp3) is 0.273. The summed E-state index contributed by atoms with van der Waals surface area (Å²) in [4.78, 5) is 24.6. The Hall–Kier alpha value is -3.13. The molecular formula is C22H22N4O3S. The van der Waals surface area contributed by atoms with Crippen molar-refractivity contribution in [3.05, 3.63) is 59.7 Å². The van der Waals surface area contributed by atoms with E-state index in [9.17, 15) is 9.59 Å². The van der Waals surface area contributed by atoms with Crippen LogP contribution in [0.4, 0.5) is 5.69 Å². The van der Waals surface area contributed by atoms with Crippen LogP contribution in [0.15, 0.2) is 58.7 Å². The van der Waals surface area contributed by atoms with E-state index in [1.807, 2.05) is 12.1 Å². The second-order valence-corrected chi connectivity index (χ2v) is 8.23. The molecule has 0 bridgehead atoms. The molecule has 1 unspecified atom stereocenters. The molecule has 0 aromatic heterocycles. The van der Waals surface area contributed by atoms with Gasteiger partial charge in [-0.25, -0.2) is 0 Å². The van der Waals surface area contributed by atoms with Crippen LogP contribution in [0.3, 0.4) is 0 Å². The highest BCUT2D eigenvalue weighted by Gasteiger charge is 2.32. The number of thioether (sulfide) groups is 1. The van der Waals surface area contributed by atoms with Crippen molar-refractivity contribution in [2.45, 2.75) is 30.9 Å². The summed E-state index contributed by atoms with van der Waals surface area (Å²) in [6.45, 7) is 0. The Morgan fingerprint density at radius 1 is 1.17 bits per heavy atom. The van der Waals surface area contributed by atoms with Crippen molar-refractivity contribution >= 4 is 40.1 Å². The van der Waals surface area contributed by atoms with Crippen LogP contribution in [0.2, 0.25) is 0 Å². The number of carbonyl (C=O) groups is 2. The summed E-state index contributed by atoms with van der Waals surface area (Å²) in [5, 5.41) is 14.1. The Bertz CT molecular complexity index is 1020. The molecule has 30 heavy (non-hydrogen) atoms. The van der Waals surface area contributed by atoms with Crippen molar-refractivity contribution in [2.75, 3.05) is 12.4 Å².